The van der Waals surface area contributed by atoms with E-state index in [0.717, 1.165) is 5.92 Å². The van der Waals surface area contributed by atoms with Crippen molar-refractivity contribution >= 4 is 5.78 Å². The van der Waals surface area contributed by atoms with Crippen LogP contribution < -0.4 is 0 Å². The van der Waals surface area contributed by atoms with Crippen molar-refractivity contribution in [3.63, 3.8) is 0 Å². The molecule has 62 valence electrons. The lowest BCUT2D eigenvalue weighted by Crippen LogP contribution is -2.03. The summed E-state index contributed by atoms with van der Waals surface area (Å²) in [6.45, 7) is 5.95. The molecule has 1 saturated carbocycles. The van der Waals surface area contributed by atoms with Crippen LogP contribution in [-0.2, 0) is 4.79 Å². The molecule has 11 heavy (non-hydrogen) atoms. The minimum Gasteiger partial charge on any atom is -0.295 e. The van der Waals surface area contributed by atoms with Crippen molar-refractivity contribution < 1.29 is 4.79 Å². The minimum atomic E-state index is 0.156. The van der Waals surface area contributed by atoms with Gasteiger partial charge in [0.1, 0.15) is 0 Å². The van der Waals surface area contributed by atoms with Gasteiger partial charge in [0.2, 0.25) is 0 Å². The fourth-order valence-corrected chi connectivity index (χ4v) is 1.05. The van der Waals surface area contributed by atoms with Gasteiger partial charge in [0.15, 0.2) is 5.78 Å². The molecule has 0 spiro atoms. The lowest BCUT2D eigenvalue weighted by atomic mass is 10.0. The van der Waals surface area contributed by atoms with Gasteiger partial charge in [-0.1, -0.05) is 19.4 Å². The molecule has 0 aromatic carbocycles. The van der Waals surface area contributed by atoms with Gasteiger partial charge in [-0.05, 0) is 31.8 Å². The number of carbonyl (C=O) groups excluding carboxylic acids is 1. The summed E-state index contributed by atoms with van der Waals surface area (Å²) in [7, 11) is 0. The third kappa shape index (κ3) is 2.49. The molecule has 0 amide bonds. The van der Waals surface area contributed by atoms with Gasteiger partial charge in [0.05, 0.1) is 0 Å². The van der Waals surface area contributed by atoms with Crippen LogP contribution in [0.5, 0.6) is 0 Å². The molecule has 0 aromatic rings. The molecule has 0 saturated heterocycles. The van der Waals surface area contributed by atoms with Gasteiger partial charge in [-0.2, -0.15) is 0 Å². The molecule has 1 heteroatoms. The maximum atomic E-state index is 11.2. The van der Waals surface area contributed by atoms with E-state index in [1.807, 2.05) is 19.9 Å². The second kappa shape index (κ2) is 3.21. The Labute approximate surface area is 68.5 Å². The average Bonchev–Trinajstić information content (AvgIpc) is 2.67. The number of rotatable bonds is 3. The molecule has 0 atom stereocenters. The smallest absolute Gasteiger partial charge is 0.158 e. The zero-order valence-corrected chi connectivity index (χ0v) is 7.55. The Morgan fingerprint density at radius 3 is 2.36 bits per heavy atom. The van der Waals surface area contributed by atoms with Crippen molar-refractivity contribution in [2.75, 3.05) is 0 Å². The van der Waals surface area contributed by atoms with E-state index in [2.05, 4.69) is 6.92 Å². The minimum absolute atomic E-state index is 0.156. The van der Waals surface area contributed by atoms with Crippen LogP contribution in [0.4, 0.5) is 0 Å². The Balaban J connectivity index is 2.48. The van der Waals surface area contributed by atoms with E-state index in [1.165, 1.54) is 18.4 Å². The van der Waals surface area contributed by atoms with Crippen LogP contribution in [0.1, 0.15) is 33.6 Å². The molecule has 0 radical (unpaired) electrons. The molecule has 0 heterocycles. The predicted molar refractivity (Wildman–Crippen MR) is 46.3 cm³/mol. The number of allylic oxidation sites excluding steroid dienone is 2. The van der Waals surface area contributed by atoms with Crippen LogP contribution in [0, 0.1) is 11.8 Å². The number of hydrogen-bond donors (Lipinski definition) is 0. The van der Waals surface area contributed by atoms with Crippen molar-refractivity contribution in [1.82, 2.24) is 0 Å². The molecule has 1 fully saturated rings. The molecule has 1 aliphatic rings. The zero-order chi connectivity index (χ0) is 8.43. The fraction of sp³-hybridized carbons (Fsp3) is 0.700. The molecule has 1 aliphatic carbocycles. The van der Waals surface area contributed by atoms with Gasteiger partial charge in [0.25, 0.3) is 0 Å². The topological polar surface area (TPSA) is 17.1 Å². The van der Waals surface area contributed by atoms with Gasteiger partial charge in [0, 0.05) is 5.92 Å². The maximum absolute atomic E-state index is 11.2. The van der Waals surface area contributed by atoms with Crippen LogP contribution in [0.3, 0.4) is 0 Å². The molecule has 1 nitrogen and oxygen atoms in total. The van der Waals surface area contributed by atoms with Crippen molar-refractivity contribution in [3.05, 3.63) is 11.6 Å². The van der Waals surface area contributed by atoms with E-state index in [9.17, 15) is 4.79 Å². The molecule has 0 aromatic heterocycles. The quantitative estimate of drug-likeness (QED) is 0.568. The van der Waals surface area contributed by atoms with Crippen LogP contribution in [-0.4, -0.2) is 5.78 Å². The molecular formula is C10H16O. The van der Waals surface area contributed by atoms with Gasteiger partial charge >= 0.3 is 0 Å². The summed E-state index contributed by atoms with van der Waals surface area (Å²) in [6.07, 6.45) is 4.39. The summed E-state index contributed by atoms with van der Waals surface area (Å²) < 4.78 is 0. The Hall–Kier alpha value is -0.590. The third-order valence-electron chi connectivity index (χ3n) is 2.16. The summed E-state index contributed by atoms with van der Waals surface area (Å²) in [5, 5.41) is 0. The number of carbonyl (C=O) groups is 1. The first-order valence-electron chi connectivity index (χ1n) is 4.33. The highest BCUT2D eigenvalue weighted by Crippen LogP contribution is 2.36. The SMILES string of the molecule is C/C(=C\C(=O)C(C)C)C1CC1. The first kappa shape index (κ1) is 8.51. The Morgan fingerprint density at radius 1 is 1.45 bits per heavy atom. The third-order valence-corrected chi connectivity index (χ3v) is 2.16. The number of hydrogen-bond acceptors (Lipinski definition) is 1. The highest BCUT2D eigenvalue weighted by Gasteiger charge is 2.23. The summed E-state index contributed by atoms with van der Waals surface area (Å²) in [6, 6.07) is 0. The Morgan fingerprint density at radius 2 is 2.00 bits per heavy atom. The second-order valence-electron chi connectivity index (χ2n) is 3.72. The first-order chi connectivity index (χ1) is 5.11. The summed E-state index contributed by atoms with van der Waals surface area (Å²) in [5.41, 5.74) is 1.28. The maximum Gasteiger partial charge on any atom is 0.158 e. The van der Waals surface area contributed by atoms with Gasteiger partial charge in [-0.15, -0.1) is 0 Å². The van der Waals surface area contributed by atoms with Crippen molar-refractivity contribution in [2.24, 2.45) is 11.8 Å². The van der Waals surface area contributed by atoms with E-state index in [1.54, 1.807) is 0 Å². The van der Waals surface area contributed by atoms with Crippen LogP contribution in [0.15, 0.2) is 11.6 Å². The van der Waals surface area contributed by atoms with Crippen molar-refractivity contribution in [3.8, 4) is 0 Å². The van der Waals surface area contributed by atoms with E-state index in [-0.39, 0.29) is 11.7 Å². The van der Waals surface area contributed by atoms with E-state index < -0.39 is 0 Å². The highest BCUT2D eigenvalue weighted by atomic mass is 16.1. The van der Waals surface area contributed by atoms with E-state index >= 15 is 0 Å². The van der Waals surface area contributed by atoms with Crippen LogP contribution in [0.2, 0.25) is 0 Å². The standard InChI is InChI=1S/C10H16O/c1-7(2)10(11)6-8(3)9-4-5-9/h6-7,9H,4-5H2,1-3H3/b8-6+. The average molecular weight is 152 g/mol. The van der Waals surface area contributed by atoms with Gasteiger partial charge in [-0.3, -0.25) is 4.79 Å². The number of ketones is 1. The van der Waals surface area contributed by atoms with E-state index in [0.29, 0.717) is 0 Å². The summed E-state index contributed by atoms with van der Waals surface area (Å²) >= 11 is 0. The summed E-state index contributed by atoms with van der Waals surface area (Å²) in [4.78, 5) is 11.2. The monoisotopic (exact) mass is 152 g/mol. The van der Waals surface area contributed by atoms with Gasteiger partial charge in [-0.25, -0.2) is 0 Å². The molecule has 0 unspecified atom stereocenters. The Bertz CT molecular complexity index is 185. The van der Waals surface area contributed by atoms with Crippen molar-refractivity contribution in [1.29, 1.82) is 0 Å². The normalized spacial score (nSPS) is 19.1. The first-order valence-corrected chi connectivity index (χ1v) is 4.33. The van der Waals surface area contributed by atoms with Gasteiger partial charge < -0.3 is 0 Å². The highest BCUT2D eigenvalue weighted by molar-refractivity contribution is 5.91. The van der Waals surface area contributed by atoms with Crippen LogP contribution in [0.25, 0.3) is 0 Å². The van der Waals surface area contributed by atoms with Crippen molar-refractivity contribution in [2.45, 2.75) is 33.6 Å². The molecule has 0 N–H and O–H groups in total. The Kier molecular flexibility index (Phi) is 2.48. The largest absolute Gasteiger partial charge is 0.295 e. The van der Waals surface area contributed by atoms with E-state index in [4.69, 9.17) is 0 Å². The molecule has 1 rings (SSSR count). The molecule has 0 aliphatic heterocycles. The lowest BCUT2D eigenvalue weighted by molar-refractivity contribution is -0.117. The second-order valence-corrected chi connectivity index (χ2v) is 3.72. The zero-order valence-electron chi connectivity index (χ0n) is 7.55. The van der Waals surface area contributed by atoms with Crippen LogP contribution >= 0.6 is 0 Å². The fourth-order valence-electron chi connectivity index (χ4n) is 1.05. The molecule has 0 bridgehead atoms. The molecular weight excluding hydrogens is 136 g/mol. The summed E-state index contributed by atoms with van der Waals surface area (Å²) in [5.74, 6) is 1.16. The predicted octanol–water partition coefficient (Wildman–Crippen LogP) is 2.57. The lowest BCUT2D eigenvalue weighted by Gasteiger charge is -1.99.